The third kappa shape index (κ3) is 5.73. The van der Waals surface area contributed by atoms with E-state index >= 15 is 0 Å². The molecule has 0 atom stereocenters. The molecule has 0 spiro atoms. The van der Waals surface area contributed by atoms with E-state index in [-0.39, 0.29) is 30.3 Å². The largest absolute Gasteiger partial charge is 0.352 e. The van der Waals surface area contributed by atoms with Gasteiger partial charge in [0.2, 0.25) is 5.91 Å². The molecule has 142 valence electrons. The zero-order chi connectivity index (χ0) is 19.1. The zero-order valence-corrected chi connectivity index (χ0v) is 15.5. The van der Waals surface area contributed by atoms with Gasteiger partial charge in [0.05, 0.1) is 13.1 Å². The van der Waals surface area contributed by atoms with Crippen molar-refractivity contribution < 1.29 is 18.9 Å². The van der Waals surface area contributed by atoms with E-state index in [2.05, 4.69) is 17.4 Å². The van der Waals surface area contributed by atoms with Crippen LogP contribution in [0.5, 0.6) is 0 Å². The molecule has 0 bridgehead atoms. The molecule has 1 aliphatic rings. The number of rotatable bonds is 8. The van der Waals surface area contributed by atoms with E-state index < -0.39 is 0 Å². The zero-order valence-electron chi connectivity index (χ0n) is 15.5. The van der Waals surface area contributed by atoms with Gasteiger partial charge in [-0.1, -0.05) is 24.3 Å². The average Bonchev–Trinajstić information content (AvgIpc) is 3.19. The molecule has 27 heavy (non-hydrogen) atoms. The number of carbonyl (C=O) groups excluding carboxylic acids is 2. The highest BCUT2D eigenvalue weighted by molar-refractivity contribution is 5.97. The summed E-state index contributed by atoms with van der Waals surface area (Å²) >= 11 is 0. The normalized spacial score (nSPS) is 14.3. The Hall–Kier alpha value is -2.53. The van der Waals surface area contributed by atoms with Crippen LogP contribution in [0, 0.1) is 5.82 Å². The molecule has 0 saturated carbocycles. The Morgan fingerprint density at radius 1 is 0.926 bits per heavy atom. The molecule has 1 saturated heterocycles. The predicted molar refractivity (Wildman–Crippen MR) is 102 cm³/mol. The van der Waals surface area contributed by atoms with E-state index in [0.29, 0.717) is 12.1 Å². The number of likely N-dealkylation sites (tertiary alicyclic amines) is 1. The predicted octanol–water partition coefficient (Wildman–Crippen LogP) is 2.28. The molecule has 0 unspecified atom stereocenters. The van der Waals surface area contributed by atoms with Crippen LogP contribution in [0.1, 0.15) is 47.2 Å². The first-order valence-electron chi connectivity index (χ1n) is 9.57. The molecule has 0 aliphatic carbocycles. The Labute approximate surface area is 159 Å². The molecule has 2 aromatic rings. The van der Waals surface area contributed by atoms with Crippen LogP contribution in [0.25, 0.3) is 0 Å². The lowest BCUT2D eigenvalue weighted by molar-refractivity contribution is -0.901. The van der Waals surface area contributed by atoms with Crippen LogP contribution in [-0.2, 0) is 17.9 Å². The van der Waals surface area contributed by atoms with Crippen LogP contribution >= 0.6 is 0 Å². The fourth-order valence-corrected chi connectivity index (χ4v) is 3.51. The Kier molecular flexibility index (Phi) is 6.71. The van der Waals surface area contributed by atoms with Crippen molar-refractivity contribution in [3.63, 3.8) is 0 Å². The van der Waals surface area contributed by atoms with Gasteiger partial charge in [-0.15, -0.1) is 0 Å². The maximum absolute atomic E-state index is 12.9. The van der Waals surface area contributed by atoms with Crippen molar-refractivity contribution in [3.05, 3.63) is 71.0 Å². The summed E-state index contributed by atoms with van der Waals surface area (Å²) in [5, 5.41) is 2.92. The number of Topliss-reactive ketones (excluding diaryl/α,β-unsaturated/α-hetero) is 1. The summed E-state index contributed by atoms with van der Waals surface area (Å²) in [6.07, 6.45) is 2.83. The Morgan fingerprint density at radius 3 is 2.30 bits per heavy atom. The highest BCUT2D eigenvalue weighted by atomic mass is 19.1. The number of benzene rings is 2. The summed E-state index contributed by atoms with van der Waals surface area (Å²) in [7, 11) is 0. The van der Waals surface area contributed by atoms with Gasteiger partial charge in [-0.2, -0.15) is 0 Å². The minimum Gasteiger partial charge on any atom is -0.352 e. The quantitative estimate of drug-likeness (QED) is 0.702. The molecular weight excluding hydrogens is 343 g/mol. The van der Waals surface area contributed by atoms with Crippen molar-refractivity contribution in [2.75, 3.05) is 13.1 Å². The first-order chi connectivity index (χ1) is 13.1. The fourth-order valence-electron chi connectivity index (χ4n) is 3.51. The van der Waals surface area contributed by atoms with Crippen molar-refractivity contribution >= 4 is 11.7 Å². The monoisotopic (exact) mass is 369 g/mol. The summed E-state index contributed by atoms with van der Waals surface area (Å²) in [4.78, 5) is 25.8. The maximum atomic E-state index is 12.9. The van der Waals surface area contributed by atoms with Gasteiger partial charge in [-0.3, -0.25) is 9.59 Å². The van der Waals surface area contributed by atoms with E-state index in [4.69, 9.17) is 0 Å². The van der Waals surface area contributed by atoms with Crippen molar-refractivity contribution in [1.82, 2.24) is 5.32 Å². The lowest BCUT2D eigenvalue weighted by atomic mass is 10.1. The van der Waals surface area contributed by atoms with Crippen LogP contribution in [0.15, 0.2) is 48.5 Å². The molecule has 3 rings (SSSR count). The summed E-state index contributed by atoms with van der Waals surface area (Å²) in [6, 6.07) is 13.6. The smallest absolute Gasteiger partial charge is 0.220 e. The van der Waals surface area contributed by atoms with E-state index in [1.807, 2.05) is 12.1 Å². The molecule has 5 heteroatoms. The minimum atomic E-state index is -0.376. The van der Waals surface area contributed by atoms with Gasteiger partial charge in [0.1, 0.15) is 12.4 Å². The maximum Gasteiger partial charge on any atom is 0.220 e. The van der Waals surface area contributed by atoms with Gasteiger partial charge >= 0.3 is 0 Å². The lowest BCUT2D eigenvalue weighted by Crippen LogP contribution is -3.08. The number of halogens is 1. The van der Waals surface area contributed by atoms with Gasteiger partial charge in [0.15, 0.2) is 5.78 Å². The van der Waals surface area contributed by atoms with Crippen LogP contribution in [0.4, 0.5) is 4.39 Å². The first-order valence-corrected chi connectivity index (χ1v) is 9.57. The Morgan fingerprint density at radius 2 is 1.59 bits per heavy atom. The molecular formula is C22H26FN2O2+. The number of hydrogen-bond donors (Lipinski definition) is 2. The van der Waals surface area contributed by atoms with E-state index in [9.17, 15) is 14.0 Å². The van der Waals surface area contributed by atoms with Crippen molar-refractivity contribution in [2.24, 2.45) is 0 Å². The molecule has 0 radical (unpaired) electrons. The van der Waals surface area contributed by atoms with E-state index in [1.165, 1.54) is 55.8 Å². The molecule has 0 aromatic heterocycles. The molecule has 4 nitrogen and oxygen atoms in total. The standard InChI is InChI=1S/C22H25FN2O2/c23-20-9-7-17(8-10-20)21(26)11-12-22(27)24-15-18-5-1-2-6-19(18)16-25-13-3-4-14-25/h1-2,5-10H,3-4,11-16H2,(H,24,27)/p+1. The number of amides is 1. The van der Waals surface area contributed by atoms with Crippen LogP contribution in [0.3, 0.4) is 0 Å². The summed E-state index contributed by atoms with van der Waals surface area (Å²) < 4.78 is 12.9. The topological polar surface area (TPSA) is 50.6 Å². The molecule has 1 amide bonds. The van der Waals surface area contributed by atoms with Crippen molar-refractivity contribution in [3.8, 4) is 0 Å². The molecule has 2 N–H and O–H groups in total. The molecule has 1 heterocycles. The third-order valence-electron chi connectivity index (χ3n) is 5.09. The SMILES string of the molecule is O=C(CCC(=O)c1ccc(F)cc1)NCc1ccccc1C[NH+]1CCCC1. The first kappa shape index (κ1) is 19.2. The second-order valence-electron chi connectivity index (χ2n) is 7.11. The van der Waals surface area contributed by atoms with Gasteiger partial charge in [0, 0.05) is 43.4 Å². The average molecular weight is 369 g/mol. The van der Waals surface area contributed by atoms with Crippen LogP contribution in [-0.4, -0.2) is 24.8 Å². The van der Waals surface area contributed by atoms with Crippen LogP contribution in [0.2, 0.25) is 0 Å². The summed E-state index contributed by atoms with van der Waals surface area (Å²) in [5.41, 5.74) is 2.84. The van der Waals surface area contributed by atoms with Crippen molar-refractivity contribution in [2.45, 2.75) is 38.8 Å². The Bertz CT molecular complexity index is 783. The summed E-state index contributed by atoms with van der Waals surface area (Å²) in [5.74, 6) is -0.671. The van der Waals surface area contributed by atoms with Gasteiger partial charge < -0.3 is 10.2 Å². The lowest BCUT2D eigenvalue weighted by Gasteiger charge is -2.15. The second-order valence-corrected chi connectivity index (χ2v) is 7.11. The van der Waals surface area contributed by atoms with E-state index in [0.717, 1.165) is 12.1 Å². The molecule has 1 fully saturated rings. The van der Waals surface area contributed by atoms with Gasteiger partial charge in [0.25, 0.3) is 0 Å². The van der Waals surface area contributed by atoms with E-state index in [1.54, 1.807) is 4.90 Å². The van der Waals surface area contributed by atoms with Crippen molar-refractivity contribution in [1.29, 1.82) is 0 Å². The van der Waals surface area contributed by atoms with Gasteiger partial charge in [-0.05, 0) is 29.8 Å². The summed E-state index contributed by atoms with van der Waals surface area (Å²) in [6.45, 7) is 3.90. The van der Waals surface area contributed by atoms with Crippen LogP contribution < -0.4 is 10.2 Å². The molecule has 2 aromatic carbocycles. The van der Waals surface area contributed by atoms with Gasteiger partial charge in [-0.25, -0.2) is 4.39 Å². The number of carbonyl (C=O) groups is 2. The molecule has 1 aliphatic heterocycles. The Balaban J connectivity index is 1.47. The highest BCUT2D eigenvalue weighted by Gasteiger charge is 2.17. The minimum absolute atomic E-state index is 0.122. The highest BCUT2D eigenvalue weighted by Crippen LogP contribution is 2.10. The number of hydrogen-bond acceptors (Lipinski definition) is 2. The number of ketones is 1. The number of quaternary nitrogens is 1. The third-order valence-corrected chi connectivity index (χ3v) is 5.09. The fraction of sp³-hybridized carbons (Fsp3) is 0.364. The number of nitrogens with one attached hydrogen (secondary N) is 2. The second kappa shape index (κ2) is 9.42.